The summed E-state index contributed by atoms with van der Waals surface area (Å²) in [6.45, 7) is 4.94. The number of hydrogen-bond donors (Lipinski definition) is 0. The third-order valence-electron chi connectivity index (χ3n) is 4.08. The molecule has 0 N–H and O–H groups in total. The molecule has 1 aliphatic heterocycles. The molecular formula is C17H19ClN4O. The Morgan fingerprint density at radius 1 is 1.09 bits per heavy atom. The van der Waals surface area contributed by atoms with E-state index in [9.17, 15) is 4.79 Å². The van der Waals surface area contributed by atoms with Gasteiger partial charge in [-0.1, -0.05) is 41.9 Å². The fourth-order valence-corrected chi connectivity index (χ4v) is 2.96. The fraction of sp³-hybridized carbons (Fsp3) is 0.353. The molecule has 1 saturated heterocycles. The van der Waals surface area contributed by atoms with E-state index in [0.29, 0.717) is 30.2 Å². The maximum absolute atomic E-state index is 12.7. The van der Waals surface area contributed by atoms with Gasteiger partial charge in [-0.2, -0.15) is 0 Å². The van der Waals surface area contributed by atoms with E-state index in [0.717, 1.165) is 18.7 Å². The van der Waals surface area contributed by atoms with Gasteiger partial charge in [0.15, 0.2) is 5.82 Å². The Morgan fingerprint density at radius 2 is 1.74 bits per heavy atom. The van der Waals surface area contributed by atoms with E-state index in [-0.39, 0.29) is 11.1 Å². The number of carbonyl (C=O) groups is 1. The van der Waals surface area contributed by atoms with Crippen molar-refractivity contribution in [2.24, 2.45) is 0 Å². The molecule has 1 aromatic heterocycles. The second kappa shape index (κ2) is 6.64. The number of benzene rings is 1. The molecule has 2 heterocycles. The van der Waals surface area contributed by atoms with Gasteiger partial charge in [0.05, 0.1) is 11.3 Å². The number of piperazine rings is 1. The Hall–Kier alpha value is -1.98. The molecule has 2 aromatic rings. The second-order valence-corrected chi connectivity index (χ2v) is 6.12. The smallest absolute Gasteiger partial charge is 0.258 e. The molecule has 6 heteroatoms. The van der Waals surface area contributed by atoms with Gasteiger partial charge in [0, 0.05) is 31.7 Å². The molecule has 3 rings (SSSR count). The summed E-state index contributed by atoms with van der Waals surface area (Å²) in [5, 5.41) is 0.222. The van der Waals surface area contributed by atoms with Gasteiger partial charge in [-0.15, -0.1) is 0 Å². The van der Waals surface area contributed by atoms with Crippen LogP contribution in [0.1, 0.15) is 16.1 Å². The molecular weight excluding hydrogens is 312 g/mol. The molecule has 0 aliphatic carbocycles. The quantitative estimate of drug-likeness (QED) is 0.794. The predicted octanol–water partition coefficient (Wildman–Crippen LogP) is 2.49. The standard InChI is InChI=1S/C17H19ClN4O/c1-12-14(17(23)22-10-8-21(2)9-11-22)15(18)20-16(19-12)13-6-4-3-5-7-13/h3-7H,8-11H2,1-2H3. The van der Waals surface area contributed by atoms with Crippen molar-refractivity contribution in [3.05, 3.63) is 46.7 Å². The lowest BCUT2D eigenvalue weighted by atomic mass is 10.1. The molecule has 1 fully saturated rings. The van der Waals surface area contributed by atoms with Crippen molar-refractivity contribution >= 4 is 17.5 Å². The number of aryl methyl sites for hydroxylation is 1. The predicted molar refractivity (Wildman–Crippen MR) is 90.6 cm³/mol. The third kappa shape index (κ3) is 3.35. The number of rotatable bonds is 2. The molecule has 5 nitrogen and oxygen atoms in total. The minimum atomic E-state index is -0.0831. The normalized spacial score (nSPS) is 15.7. The molecule has 0 spiro atoms. The van der Waals surface area contributed by atoms with Gasteiger partial charge in [-0.3, -0.25) is 4.79 Å². The van der Waals surface area contributed by atoms with Crippen LogP contribution in [0.15, 0.2) is 30.3 Å². The van der Waals surface area contributed by atoms with Crippen LogP contribution in [0.25, 0.3) is 11.4 Å². The first-order chi connectivity index (χ1) is 11.1. The van der Waals surface area contributed by atoms with E-state index < -0.39 is 0 Å². The summed E-state index contributed by atoms with van der Waals surface area (Å²) in [5.41, 5.74) is 1.92. The summed E-state index contributed by atoms with van der Waals surface area (Å²) < 4.78 is 0. The molecule has 0 bridgehead atoms. The van der Waals surface area contributed by atoms with Gasteiger partial charge in [0.25, 0.3) is 5.91 Å². The van der Waals surface area contributed by atoms with E-state index >= 15 is 0 Å². The zero-order chi connectivity index (χ0) is 16.4. The van der Waals surface area contributed by atoms with Crippen LogP contribution in [0.3, 0.4) is 0 Å². The first-order valence-electron chi connectivity index (χ1n) is 7.63. The van der Waals surface area contributed by atoms with Gasteiger partial charge < -0.3 is 9.80 Å². The number of halogens is 1. The summed E-state index contributed by atoms with van der Waals surface area (Å²) in [6.07, 6.45) is 0. The van der Waals surface area contributed by atoms with E-state index in [1.807, 2.05) is 42.2 Å². The van der Waals surface area contributed by atoms with E-state index in [2.05, 4.69) is 21.9 Å². The van der Waals surface area contributed by atoms with Crippen molar-refractivity contribution in [3.8, 4) is 11.4 Å². The number of hydrogen-bond acceptors (Lipinski definition) is 4. The Bertz CT molecular complexity index is 689. The SMILES string of the molecule is Cc1nc(-c2ccccc2)nc(Cl)c1C(=O)N1CCN(C)CC1. The van der Waals surface area contributed by atoms with Crippen LogP contribution in [0.5, 0.6) is 0 Å². The highest BCUT2D eigenvalue weighted by Gasteiger charge is 2.25. The maximum Gasteiger partial charge on any atom is 0.258 e. The number of carbonyl (C=O) groups excluding carboxylic acids is 1. The topological polar surface area (TPSA) is 49.3 Å². The van der Waals surface area contributed by atoms with Crippen LogP contribution in [0.4, 0.5) is 0 Å². The summed E-state index contributed by atoms with van der Waals surface area (Å²) in [7, 11) is 2.05. The van der Waals surface area contributed by atoms with Crippen molar-refractivity contribution in [2.75, 3.05) is 33.2 Å². The monoisotopic (exact) mass is 330 g/mol. The second-order valence-electron chi connectivity index (χ2n) is 5.76. The first kappa shape index (κ1) is 15.9. The molecule has 0 saturated carbocycles. The Morgan fingerprint density at radius 3 is 2.35 bits per heavy atom. The number of amides is 1. The summed E-state index contributed by atoms with van der Waals surface area (Å²) in [4.78, 5) is 25.6. The van der Waals surface area contributed by atoms with Crippen LogP contribution in [-0.4, -0.2) is 58.9 Å². The van der Waals surface area contributed by atoms with Crippen molar-refractivity contribution in [1.82, 2.24) is 19.8 Å². The van der Waals surface area contributed by atoms with Gasteiger partial charge in [-0.05, 0) is 14.0 Å². The number of nitrogens with zero attached hydrogens (tertiary/aromatic N) is 4. The highest BCUT2D eigenvalue weighted by molar-refractivity contribution is 6.32. The van der Waals surface area contributed by atoms with Crippen molar-refractivity contribution in [2.45, 2.75) is 6.92 Å². The molecule has 1 amide bonds. The Balaban J connectivity index is 1.90. The molecule has 0 radical (unpaired) electrons. The van der Waals surface area contributed by atoms with Gasteiger partial charge in [0.1, 0.15) is 5.15 Å². The van der Waals surface area contributed by atoms with Crippen LogP contribution in [-0.2, 0) is 0 Å². The molecule has 1 aromatic carbocycles. The summed E-state index contributed by atoms with van der Waals surface area (Å²) in [6, 6.07) is 9.62. The lowest BCUT2D eigenvalue weighted by Crippen LogP contribution is -2.47. The van der Waals surface area contributed by atoms with Crippen molar-refractivity contribution < 1.29 is 4.79 Å². The van der Waals surface area contributed by atoms with Gasteiger partial charge >= 0.3 is 0 Å². The highest BCUT2D eigenvalue weighted by atomic mass is 35.5. The zero-order valence-electron chi connectivity index (χ0n) is 13.3. The molecule has 120 valence electrons. The lowest BCUT2D eigenvalue weighted by molar-refractivity contribution is 0.0662. The zero-order valence-corrected chi connectivity index (χ0v) is 14.0. The van der Waals surface area contributed by atoms with Crippen molar-refractivity contribution in [3.63, 3.8) is 0 Å². The van der Waals surface area contributed by atoms with Crippen LogP contribution >= 0.6 is 11.6 Å². The Kier molecular flexibility index (Phi) is 4.59. The van der Waals surface area contributed by atoms with Gasteiger partial charge in [0.2, 0.25) is 0 Å². The number of likely N-dealkylation sites (N-methyl/N-ethyl adjacent to an activating group) is 1. The molecule has 1 aliphatic rings. The average molecular weight is 331 g/mol. The fourth-order valence-electron chi connectivity index (χ4n) is 2.66. The minimum Gasteiger partial charge on any atom is -0.336 e. The first-order valence-corrected chi connectivity index (χ1v) is 8.01. The molecule has 23 heavy (non-hydrogen) atoms. The minimum absolute atomic E-state index is 0.0831. The van der Waals surface area contributed by atoms with Gasteiger partial charge in [-0.25, -0.2) is 9.97 Å². The van der Waals surface area contributed by atoms with E-state index in [4.69, 9.17) is 11.6 Å². The van der Waals surface area contributed by atoms with E-state index in [1.54, 1.807) is 0 Å². The average Bonchev–Trinajstić information content (AvgIpc) is 2.55. The summed E-state index contributed by atoms with van der Waals surface area (Å²) in [5.74, 6) is 0.461. The highest BCUT2D eigenvalue weighted by Crippen LogP contribution is 2.23. The third-order valence-corrected chi connectivity index (χ3v) is 4.36. The molecule has 0 unspecified atom stereocenters. The van der Waals surface area contributed by atoms with Crippen LogP contribution < -0.4 is 0 Å². The largest absolute Gasteiger partial charge is 0.336 e. The van der Waals surface area contributed by atoms with Crippen LogP contribution in [0.2, 0.25) is 5.15 Å². The number of aromatic nitrogens is 2. The summed E-state index contributed by atoms with van der Waals surface area (Å²) >= 11 is 6.32. The van der Waals surface area contributed by atoms with Crippen molar-refractivity contribution in [1.29, 1.82) is 0 Å². The molecule has 0 atom stereocenters. The Labute approximate surface area is 140 Å². The lowest BCUT2D eigenvalue weighted by Gasteiger charge is -2.32. The van der Waals surface area contributed by atoms with E-state index in [1.165, 1.54) is 0 Å². The maximum atomic E-state index is 12.7. The van der Waals surface area contributed by atoms with Crippen LogP contribution in [0, 0.1) is 6.92 Å².